The van der Waals surface area contributed by atoms with Crippen LogP contribution in [-0.2, 0) is 4.79 Å². The molecule has 0 amide bonds. The van der Waals surface area contributed by atoms with Crippen molar-refractivity contribution < 1.29 is 14.3 Å². The first-order valence-electron chi connectivity index (χ1n) is 5.19. The predicted molar refractivity (Wildman–Crippen MR) is 77.2 cm³/mol. The Balaban J connectivity index is 2.92. The number of ketones is 1. The summed E-state index contributed by atoms with van der Waals surface area (Å²) in [6.07, 6.45) is 5.43. The van der Waals surface area contributed by atoms with E-state index < -0.39 is 5.97 Å². The summed E-state index contributed by atoms with van der Waals surface area (Å²) in [6, 6.07) is 6.60. The Hall–Kier alpha value is -1.20. The highest BCUT2D eigenvalue weighted by Crippen LogP contribution is 2.24. The molecule has 0 heterocycles. The lowest BCUT2D eigenvalue weighted by atomic mass is 10.1. The van der Waals surface area contributed by atoms with E-state index in [-0.39, 0.29) is 5.78 Å². The normalized spacial score (nSPS) is 9.72. The van der Waals surface area contributed by atoms with Crippen molar-refractivity contribution in [3.05, 3.63) is 40.1 Å². The number of allylic oxidation sites excluding steroid dienone is 1. The van der Waals surface area contributed by atoms with Crippen molar-refractivity contribution in [2.45, 2.75) is 6.92 Å². The number of ether oxygens (including phenoxy) is 1. The minimum atomic E-state index is -0.399. The van der Waals surface area contributed by atoms with Crippen LogP contribution in [0.15, 0.2) is 34.6 Å². The summed E-state index contributed by atoms with van der Waals surface area (Å²) in [5, 5.41) is 0. The number of benzene rings is 1. The minimum Gasteiger partial charge on any atom is -0.427 e. The molecule has 3 nitrogen and oxygen atoms in total. The third-order valence-electron chi connectivity index (χ3n) is 2.03. The van der Waals surface area contributed by atoms with Crippen LogP contribution in [0.2, 0.25) is 0 Å². The van der Waals surface area contributed by atoms with Gasteiger partial charge >= 0.3 is 5.97 Å². The third-order valence-corrected chi connectivity index (χ3v) is 4.07. The van der Waals surface area contributed by atoms with Crippen LogP contribution in [-0.4, -0.2) is 24.3 Å². The van der Waals surface area contributed by atoms with Gasteiger partial charge in [-0.2, -0.15) is 0 Å². The molecular weight excluding hydrogens is 268 g/mol. The molecular formula is C13H14O3S2. The first kappa shape index (κ1) is 14.9. The summed E-state index contributed by atoms with van der Waals surface area (Å²) in [5.41, 5.74) is 0.509. The van der Waals surface area contributed by atoms with E-state index in [4.69, 9.17) is 4.74 Å². The van der Waals surface area contributed by atoms with Gasteiger partial charge in [0.25, 0.3) is 0 Å². The minimum absolute atomic E-state index is 0.0947. The number of esters is 1. The van der Waals surface area contributed by atoms with E-state index >= 15 is 0 Å². The van der Waals surface area contributed by atoms with Crippen LogP contribution in [0, 0.1) is 0 Å². The Labute approximate surface area is 115 Å². The maximum absolute atomic E-state index is 12.0. The molecule has 0 atom stereocenters. The van der Waals surface area contributed by atoms with Gasteiger partial charge in [-0.25, -0.2) is 0 Å². The summed E-state index contributed by atoms with van der Waals surface area (Å²) in [6.45, 7) is 1.33. The number of hydrogen-bond acceptors (Lipinski definition) is 5. The Kier molecular flexibility index (Phi) is 6.01. The van der Waals surface area contributed by atoms with Gasteiger partial charge in [-0.05, 0) is 24.6 Å². The number of carbonyl (C=O) groups excluding carboxylic acids is 2. The summed E-state index contributed by atoms with van der Waals surface area (Å²) < 4.78 is 5.88. The van der Waals surface area contributed by atoms with Crippen LogP contribution in [0.1, 0.15) is 17.3 Å². The van der Waals surface area contributed by atoms with Gasteiger partial charge in [0.15, 0.2) is 5.78 Å². The zero-order chi connectivity index (χ0) is 13.5. The molecule has 0 fully saturated rings. The van der Waals surface area contributed by atoms with Gasteiger partial charge in [0.05, 0.1) is 0 Å². The van der Waals surface area contributed by atoms with Crippen molar-refractivity contribution in [3.8, 4) is 5.75 Å². The molecule has 0 aliphatic carbocycles. The summed E-state index contributed by atoms with van der Waals surface area (Å²) in [4.78, 5) is 22.8. The van der Waals surface area contributed by atoms with E-state index in [0.29, 0.717) is 11.3 Å². The maximum Gasteiger partial charge on any atom is 0.308 e. The standard InChI is InChI=1S/C13H14O3S2/c1-9(14)16-11-6-4-5-10(7-11)12(15)8-13(17-2)18-3/h4-8H,1-3H3. The monoisotopic (exact) mass is 282 g/mol. The molecule has 0 unspecified atom stereocenters. The predicted octanol–water partition coefficient (Wildman–Crippen LogP) is 3.36. The number of rotatable bonds is 5. The molecule has 0 aliphatic rings. The molecule has 0 saturated heterocycles. The lowest BCUT2D eigenvalue weighted by molar-refractivity contribution is -0.131. The van der Waals surface area contributed by atoms with Gasteiger partial charge in [-0.3, -0.25) is 9.59 Å². The first-order chi connectivity index (χ1) is 8.56. The zero-order valence-corrected chi connectivity index (χ0v) is 12.1. The highest BCUT2D eigenvalue weighted by molar-refractivity contribution is 8.21. The summed E-state index contributed by atoms with van der Waals surface area (Å²) in [5.74, 6) is -0.108. The third kappa shape index (κ3) is 4.58. The molecule has 0 radical (unpaired) electrons. The van der Waals surface area contributed by atoms with Crippen molar-refractivity contribution in [1.82, 2.24) is 0 Å². The molecule has 0 aliphatic heterocycles. The molecule has 96 valence electrons. The van der Waals surface area contributed by atoms with Gasteiger partial charge in [0, 0.05) is 22.8 Å². The Morgan fingerprint density at radius 3 is 2.44 bits per heavy atom. The van der Waals surface area contributed by atoms with Crippen molar-refractivity contribution in [1.29, 1.82) is 0 Å². The van der Waals surface area contributed by atoms with Crippen LogP contribution in [0.5, 0.6) is 5.75 Å². The molecule has 0 bridgehead atoms. The van der Waals surface area contributed by atoms with E-state index in [9.17, 15) is 9.59 Å². The molecule has 0 N–H and O–H groups in total. The molecule has 1 rings (SSSR count). The van der Waals surface area contributed by atoms with E-state index in [1.807, 2.05) is 12.5 Å². The van der Waals surface area contributed by atoms with Crippen molar-refractivity contribution in [2.75, 3.05) is 12.5 Å². The number of carbonyl (C=O) groups is 2. The fraction of sp³-hybridized carbons (Fsp3) is 0.231. The van der Waals surface area contributed by atoms with Gasteiger partial charge in [-0.15, -0.1) is 23.5 Å². The smallest absolute Gasteiger partial charge is 0.308 e. The molecule has 1 aromatic rings. The van der Waals surface area contributed by atoms with Crippen molar-refractivity contribution in [3.63, 3.8) is 0 Å². The molecule has 18 heavy (non-hydrogen) atoms. The van der Waals surface area contributed by atoms with Gasteiger partial charge in [-0.1, -0.05) is 12.1 Å². The highest BCUT2D eigenvalue weighted by atomic mass is 32.2. The van der Waals surface area contributed by atoms with Gasteiger partial charge in [0.1, 0.15) is 5.75 Å². The average molecular weight is 282 g/mol. The maximum atomic E-state index is 12.0. The summed E-state index contributed by atoms with van der Waals surface area (Å²) >= 11 is 3.05. The highest BCUT2D eigenvalue weighted by Gasteiger charge is 2.07. The number of thioether (sulfide) groups is 2. The second kappa shape index (κ2) is 7.28. The number of hydrogen-bond donors (Lipinski definition) is 0. The Morgan fingerprint density at radius 2 is 1.89 bits per heavy atom. The van der Waals surface area contributed by atoms with Gasteiger partial charge in [0.2, 0.25) is 0 Å². The van der Waals surface area contributed by atoms with E-state index in [0.717, 1.165) is 4.24 Å². The molecule has 5 heteroatoms. The lowest BCUT2D eigenvalue weighted by Crippen LogP contribution is -2.02. The second-order valence-corrected chi connectivity index (χ2v) is 5.31. The van der Waals surface area contributed by atoms with Crippen LogP contribution in [0.4, 0.5) is 0 Å². The average Bonchev–Trinajstić information content (AvgIpc) is 2.35. The van der Waals surface area contributed by atoms with Gasteiger partial charge < -0.3 is 4.74 Å². The molecule has 0 saturated carbocycles. The first-order valence-corrected chi connectivity index (χ1v) is 7.64. The summed E-state index contributed by atoms with van der Waals surface area (Å²) in [7, 11) is 0. The SMILES string of the molecule is CSC(=CC(=O)c1cccc(OC(C)=O)c1)SC. The quantitative estimate of drug-likeness (QED) is 0.358. The topological polar surface area (TPSA) is 43.4 Å². The second-order valence-electron chi connectivity index (χ2n) is 3.36. The molecule has 0 aromatic heterocycles. The lowest BCUT2D eigenvalue weighted by Gasteiger charge is -2.03. The largest absolute Gasteiger partial charge is 0.427 e. The van der Waals surface area contributed by atoms with Crippen LogP contribution < -0.4 is 4.74 Å². The van der Waals surface area contributed by atoms with E-state index in [2.05, 4.69) is 0 Å². The van der Waals surface area contributed by atoms with Crippen LogP contribution in [0.3, 0.4) is 0 Å². The Morgan fingerprint density at radius 1 is 1.22 bits per heavy atom. The fourth-order valence-corrected chi connectivity index (χ4v) is 2.39. The fourth-order valence-electron chi connectivity index (χ4n) is 1.27. The van der Waals surface area contributed by atoms with Crippen molar-refractivity contribution >= 4 is 35.3 Å². The Bertz CT molecular complexity index is 475. The van der Waals surface area contributed by atoms with E-state index in [1.54, 1.807) is 30.3 Å². The van der Waals surface area contributed by atoms with Crippen molar-refractivity contribution in [2.24, 2.45) is 0 Å². The van der Waals surface area contributed by atoms with E-state index in [1.165, 1.54) is 30.4 Å². The van der Waals surface area contributed by atoms with Crippen LogP contribution in [0.25, 0.3) is 0 Å². The molecule has 0 spiro atoms. The van der Waals surface area contributed by atoms with Crippen LogP contribution >= 0.6 is 23.5 Å². The molecule has 1 aromatic carbocycles. The zero-order valence-electron chi connectivity index (χ0n) is 10.4.